The molecule has 0 aliphatic heterocycles. The normalized spacial score (nSPS) is 14.2. The van der Waals surface area contributed by atoms with E-state index in [1.165, 1.54) is 0 Å². The van der Waals surface area contributed by atoms with Crippen molar-refractivity contribution in [1.29, 1.82) is 0 Å². The molecule has 0 spiro atoms. The van der Waals surface area contributed by atoms with Crippen LogP contribution in [-0.2, 0) is 0 Å². The highest BCUT2D eigenvalue weighted by Crippen LogP contribution is 2.19. The van der Waals surface area contributed by atoms with Crippen LogP contribution in [0.3, 0.4) is 0 Å². The van der Waals surface area contributed by atoms with Crippen LogP contribution in [0, 0.1) is 19.8 Å². The number of hydrogen-bond donors (Lipinski definition) is 3. The van der Waals surface area contributed by atoms with Gasteiger partial charge in [0.2, 0.25) is 0 Å². The molecule has 4 nitrogen and oxygen atoms in total. The Balaban J connectivity index is 2.36. The van der Waals surface area contributed by atoms with Crippen LogP contribution in [0.4, 0.5) is 0 Å². The summed E-state index contributed by atoms with van der Waals surface area (Å²) in [7, 11) is 0. The molecule has 0 aliphatic rings. The number of nitrogens with one attached hydrogen (secondary N) is 1. The Labute approximate surface area is 128 Å². The molecule has 2 atom stereocenters. The number of aliphatic hydroxyl groups excluding tert-OH is 2. The first-order valence-electron chi connectivity index (χ1n) is 7.64. The van der Waals surface area contributed by atoms with Crippen LogP contribution in [-0.4, -0.2) is 42.1 Å². The Hall–Kier alpha value is -1.10. The number of rotatable bonds is 9. The lowest BCUT2D eigenvalue weighted by Gasteiger charge is -2.21. The fourth-order valence-electron chi connectivity index (χ4n) is 2.20. The summed E-state index contributed by atoms with van der Waals surface area (Å²) in [5.74, 6) is 1.33. The lowest BCUT2D eigenvalue weighted by Crippen LogP contribution is -2.40. The summed E-state index contributed by atoms with van der Waals surface area (Å²) in [4.78, 5) is 0. The van der Waals surface area contributed by atoms with Crippen LogP contribution in [0.5, 0.6) is 5.75 Å². The van der Waals surface area contributed by atoms with Crippen molar-refractivity contribution in [3.63, 3.8) is 0 Å². The first-order chi connectivity index (χ1) is 9.92. The predicted molar refractivity (Wildman–Crippen MR) is 85.7 cm³/mol. The van der Waals surface area contributed by atoms with E-state index in [1.807, 2.05) is 32.0 Å². The summed E-state index contributed by atoms with van der Waals surface area (Å²) < 4.78 is 5.67. The second-order valence-corrected chi connectivity index (χ2v) is 6.15. The highest BCUT2D eigenvalue weighted by Gasteiger charge is 2.12. The molecule has 0 fully saturated rings. The minimum Gasteiger partial charge on any atom is -0.491 e. The van der Waals surface area contributed by atoms with Crippen molar-refractivity contribution in [3.05, 3.63) is 29.3 Å². The number of hydrogen-bond acceptors (Lipinski definition) is 4. The highest BCUT2D eigenvalue weighted by molar-refractivity contribution is 5.35. The Morgan fingerprint density at radius 3 is 2.57 bits per heavy atom. The zero-order valence-electron chi connectivity index (χ0n) is 13.6. The van der Waals surface area contributed by atoms with Crippen LogP contribution in [0.2, 0.25) is 0 Å². The predicted octanol–water partition coefficient (Wildman–Crippen LogP) is 2.04. The second kappa shape index (κ2) is 9.03. The van der Waals surface area contributed by atoms with Gasteiger partial charge in [0.1, 0.15) is 18.5 Å². The molecule has 0 bridgehead atoms. The van der Waals surface area contributed by atoms with E-state index >= 15 is 0 Å². The highest BCUT2D eigenvalue weighted by atomic mass is 16.5. The van der Waals surface area contributed by atoms with Gasteiger partial charge in [0.25, 0.3) is 0 Å². The van der Waals surface area contributed by atoms with Crippen molar-refractivity contribution in [2.75, 3.05) is 19.8 Å². The molecular formula is C17H29NO3. The summed E-state index contributed by atoms with van der Waals surface area (Å²) in [6.45, 7) is 8.99. The van der Waals surface area contributed by atoms with E-state index in [9.17, 15) is 10.2 Å². The molecule has 0 saturated carbocycles. The molecule has 0 heterocycles. The van der Waals surface area contributed by atoms with E-state index in [-0.39, 0.29) is 19.3 Å². The maximum Gasteiger partial charge on any atom is 0.122 e. The van der Waals surface area contributed by atoms with Gasteiger partial charge in [-0.2, -0.15) is 0 Å². The summed E-state index contributed by atoms with van der Waals surface area (Å²) in [6, 6.07) is 6.06. The third-order valence-corrected chi connectivity index (χ3v) is 3.39. The Morgan fingerprint density at radius 2 is 1.95 bits per heavy atom. The maximum atomic E-state index is 9.98. The van der Waals surface area contributed by atoms with Gasteiger partial charge in [-0.15, -0.1) is 0 Å². The van der Waals surface area contributed by atoms with Gasteiger partial charge in [-0.3, -0.25) is 0 Å². The third-order valence-electron chi connectivity index (χ3n) is 3.39. The van der Waals surface area contributed by atoms with E-state index in [4.69, 9.17) is 4.74 Å². The molecule has 2 unspecified atom stereocenters. The first-order valence-corrected chi connectivity index (χ1v) is 7.64. The molecule has 1 aromatic carbocycles. The van der Waals surface area contributed by atoms with Gasteiger partial charge in [-0.1, -0.05) is 26.0 Å². The van der Waals surface area contributed by atoms with Gasteiger partial charge in [0.05, 0.1) is 6.61 Å². The first kappa shape index (κ1) is 18.0. The van der Waals surface area contributed by atoms with Crippen LogP contribution in [0.25, 0.3) is 0 Å². The van der Waals surface area contributed by atoms with Gasteiger partial charge >= 0.3 is 0 Å². The van der Waals surface area contributed by atoms with Gasteiger partial charge in [-0.25, -0.2) is 0 Å². The van der Waals surface area contributed by atoms with Crippen molar-refractivity contribution >= 4 is 0 Å². The van der Waals surface area contributed by atoms with Crippen LogP contribution >= 0.6 is 0 Å². The summed E-state index contributed by atoms with van der Waals surface area (Å²) in [5.41, 5.74) is 2.20. The van der Waals surface area contributed by atoms with Crippen LogP contribution in [0.15, 0.2) is 18.2 Å². The zero-order valence-corrected chi connectivity index (χ0v) is 13.6. The average molecular weight is 295 g/mol. The smallest absolute Gasteiger partial charge is 0.122 e. The van der Waals surface area contributed by atoms with Crippen molar-refractivity contribution in [2.45, 2.75) is 46.3 Å². The molecule has 21 heavy (non-hydrogen) atoms. The second-order valence-electron chi connectivity index (χ2n) is 6.15. The number of benzene rings is 1. The maximum absolute atomic E-state index is 9.98. The van der Waals surface area contributed by atoms with Gasteiger partial charge in [0.15, 0.2) is 0 Å². The third kappa shape index (κ3) is 6.93. The van der Waals surface area contributed by atoms with Gasteiger partial charge < -0.3 is 20.3 Å². The lowest BCUT2D eigenvalue weighted by molar-refractivity contribution is 0.0978. The molecular weight excluding hydrogens is 266 g/mol. The molecule has 1 rings (SSSR count). The number of ether oxygens (including phenoxy) is 1. The Bertz CT molecular complexity index is 420. The summed E-state index contributed by atoms with van der Waals surface area (Å²) >= 11 is 0. The molecule has 120 valence electrons. The quantitative estimate of drug-likeness (QED) is 0.652. The van der Waals surface area contributed by atoms with E-state index in [2.05, 4.69) is 19.2 Å². The van der Waals surface area contributed by atoms with E-state index in [0.717, 1.165) is 23.3 Å². The minimum absolute atomic E-state index is 0.0281. The van der Waals surface area contributed by atoms with Gasteiger partial charge in [-0.05, 0) is 43.4 Å². The SMILES string of the molecule is Cc1ccc(C)c(OCC(O)CNC(CO)CC(C)C)c1. The summed E-state index contributed by atoms with van der Waals surface area (Å²) in [5, 5.41) is 22.5. The monoisotopic (exact) mass is 295 g/mol. The van der Waals surface area contributed by atoms with Crippen molar-refractivity contribution in [2.24, 2.45) is 5.92 Å². The number of aliphatic hydroxyl groups is 2. The average Bonchev–Trinajstić information content (AvgIpc) is 2.44. The number of aryl methyl sites for hydroxylation is 2. The van der Waals surface area contributed by atoms with Crippen LogP contribution in [0.1, 0.15) is 31.4 Å². The zero-order chi connectivity index (χ0) is 15.8. The van der Waals surface area contributed by atoms with Crippen molar-refractivity contribution < 1.29 is 14.9 Å². The van der Waals surface area contributed by atoms with Crippen molar-refractivity contribution in [3.8, 4) is 5.75 Å². The molecule has 1 aromatic rings. The topological polar surface area (TPSA) is 61.7 Å². The van der Waals surface area contributed by atoms with Gasteiger partial charge in [0, 0.05) is 12.6 Å². The fourth-order valence-corrected chi connectivity index (χ4v) is 2.20. The standard InChI is InChI=1S/C17H29NO3/c1-12(2)7-15(10-19)18-9-16(20)11-21-17-8-13(3)5-6-14(17)4/h5-6,8,12,15-16,18-20H,7,9-11H2,1-4H3. The molecule has 4 heteroatoms. The Kier molecular flexibility index (Phi) is 7.72. The Morgan fingerprint density at radius 1 is 1.24 bits per heavy atom. The molecule has 3 N–H and O–H groups in total. The van der Waals surface area contributed by atoms with Crippen molar-refractivity contribution in [1.82, 2.24) is 5.32 Å². The van der Waals surface area contributed by atoms with E-state index in [1.54, 1.807) is 0 Å². The summed E-state index contributed by atoms with van der Waals surface area (Å²) in [6.07, 6.45) is 0.298. The van der Waals surface area contributed by atoms with E-state index < -0.39 is 6.10 Å². The molecule has 0 radical (unpaired) electrons. The molecule has 0 aromatic heterocycles. The fraction of sp³-hybridized carbons (Fsp3) is 0.647. The molecule has 0 amide bonds. The largest absolute Gasteiger partial charge is 0.491 e. The van der Waals surface area contributed by atoms with E-state index in [0.29, 0.717) is 12.5 Å². The molecule has 0 aliphatic carbocycles. The lowest BCUT2D eigenvalue weighted by atomic mass is 10.0. The van der Waals surface area contributed by atoms with Crippen LogP contribution < -0.4 is 10.1 Å². The molecule has 0 saturated heterocycles. The minimum atomic E-state index is -0.592.